The molecule has 0 amide bonds. The topological polar surface area (TPSA) is 36.7 Å². The standard InChI is InChI=1S/C14H11BrN2/c15-13-11(14(9-16)6-3-7-14)8-10-4-1-2-5-12(10)17-13/h1-2,4-5,8H,3,6-7H2. The summed E-state index contributed by atoms with van der Waals surface area (Å²) in [5.41, 5.74) is 1.70. The Morgan fingerprint density at radius 1 is 1.29 bits per heavy atom. The number of benzene rings is 1. The number of para-hydroxylation sites is 1. The van der Waals surface area contributed by atoms with Gasteiger partial charge >= 0.3 is 0 Å². The minimum atomic E-state index is -0.310. The first-order chi connectivity index (χ1) is 8.25. The Hall–Kier alpha value is -1.40. The van der Waals surface area contributed by atoms with Gasteiger partial charge in [0.1, 0.15) is 4.60 Å². The van der Waals surface area contributed by atoms with Crippen LogP contribution < -0.4 is 0 Å². The van der Waals surface area contributed by atoms with Crippen molar-refractivity contribution in [1.29, 1.82) is 5.26 Å². The van der Waals surface area contributed by atoms with E-state index in [-0.39, 0.29) is 5.41 Å². The quantitative estimate of drug-likeness (QED) is 0.745. The van der Waals surface area contributed by atoms with Crippen LogP contribution in [0.1, 0.15) is 24.8 Å². The summed E-state index contributed by atoms with van der Waals surface area (Å²) in [6, 6.07) is 12.6. The molecule has 1 aliphatic rings. The van der Waals surface area contributed by atoms with E-state index in [2.05, 4.69) is 33.0 Å². The molecule has 0 saturated heterocycles. The van der Waals surface area contributed by atoms with Crippen LogP contribution in [-0.2, 0) is 5.41 Å². The van der Waals surface area contributed by atoms with E-state index in [0.29, 0.717) is 0 Å². The number of hydrogen-bond donors (Lipinski definition) is 0. The number of halogens is 1. The highest BCUT2D eigenvalue weighted by Gasteiger charge is 2.40. The maximum Gasteiger partial charge on any atom is 0.111 e. The highest BCUT2D eigenvalue weighted by Crippen LogP contribution is 2.45. The van der Waals surface area contributed by atoms with Gasteiger partial charge in [0.15, 0.2) is 0 Å². The second-order valence-electron chi connectivity index (χ2n) is 4.57. The lowest BCUT2D eigenvalue weighted by Crippen LogP contribution is -2.32. The largest absolute Gasteiger partial charge is 0.241 e. The summed E-state index contributed by atoms with van der Waals surface area (Å²) in [5, 5.41) is 10.5. The molecule has 1 saturated carbocycles. The molecule has 84 valence electrons. The fraction of sp³-hybridized carbons (Fsp3) is 0.286. The molecule has 17 heavy (non-hydrogen) atoms. The van der Waals surface area contributed by atoms with Crippen LogP contribution in [0.15, 0.2) is 34.9 Å². The third-order valence-electron chi connectivity index (χ3n) is 3.61. The first-order valence-corrected chi connectivity index (χ1v) is 6.51. The molecule has 1 aromatic heterocycles. The first-order valence-electron chi connectivity index (χ1n) is 5.72. The molecule has 0 bridgehead atoms. The van der Waals surface area contributed by atoms with E-state index in [1.54, 1.807) is 0 Å². The smallest absolute Gasteiger partial charge is 0.111 e. The third kappa shape index (κ3) is 1.56. The van der Waals surface area contributed by atoms with Crippen LogP contribution in [0.5, 0.6) is 0 Å². The van der Waals surface area contributed by atoms with Gasteiger partial charge in [0.25, 0.3) is 0 Å². The molecule has 3 rings (SSSR count). The Morgan fingerprint density at radius 3 is 2.71 bits per heavy atom. The summed E-state index contributed by atoms with van der Waals surface area (Å²) in [5.74, 6) is 0. The van der Waals surface area contributed by atoms with Gasteiger partial charge in [0, 0.05) is 10.9 Å². The molecule has 1 aromatic carbocycles. The molecule has 1 fully saturated rings. The van der Waals surface area contributed by atoms with Crippen LogP contribution in [0, 0.1) is 11.3 Å². The zero-order valence-electron chi connectivity index (χ0n) is 9.28. The van der Waals surface area contributed by atoms with Crippen molar-refractivity contribution in [2.45, 2.75) is 24.7 Å². The Bertz CT molecular complexity index is 624. The summed E-state index contributed by atoms with van der Waals surface area (Å²) in [7, 11) is 0. The van der Waals surface area contributed by atoms with Crippen LogP contribution in [0.3, 0.4) is 0 Å². The van der Waals surface area contributed by atoms with E-state index in [1.807, 2.05) is 24.3 Å². The van der Waals surface area contributed by atoms with E-state index >= 15 is 0 Å². The van der Waals surface area contributed by atoms with Gasteiger partial charge in [-0.3, -0.25) is 0 Å². The van der Waals surface area contributed by atoms with Gasteiger partial charge in [-0.1, -0.05) is 18.2 Å². The zero-order chi connectivity index (χ0) is 11.9. The molecular formula is C14H11BrN2. The molecule has 1 aliphatic carbocycles. The van der Waals surface area contributed by atoms with Crippen molar-refractivity contribution >= 4 is 26.8 Å². The molecule has 0 spiro atoms. The third-order valence-corrected chi connectivity index (χ3v) is 4.22. The van der Waals surface area contributed by atoms with Crippen LogP contribution in [0.25, 0.3) is 10.9 Å². The zero-order valence-corrected chi connectivity index (χ0v) is 10.9. The molecule has 0 aliphatic heterocycles. The summed E-state index contributed by atoms with van der Waals surface area (Å²) >= 11 is 3.51. The number of nitrogens with zero attached hydrogens (tertiary/aromatic N) is 2. The molecule has 2 aromatic rings. The monoisotopic (exact) mass is 286 g/mol. The molecule has 3 heteroatoms. The molecule has 0 unspecified atom stereocenters. The van der Waals surface area contributed by atoms with Crippen molar-refractivity contribution in [2.24, 2.45) is 0 Å². The van der Waals surface area contributed by atoms with Crippen LogP contribution in [0.2, 0.25) is 0 Å². The number of pyridine rings is 1. The van der Waals surface area contributed by atoms with Gasteiger partial charge in [-0.25, -0.2) is 4.98 Å². The number of fused-ring (bicyclic) bond motifs is 1. The first kappa shape index (κ1) is 10.7. The number of rotatable bonds is 1. The molecule has 0 N–H and O–H groups in total. The lowest BCUT2D eigenvalue weighted by atomic mass is 9.66. The van der Waals surface area contributed by atoms with Crippen molar-refractivity contribution in [3.63, 3.8) is 0 Å². The Morgan fingerprint density at radius 2 is 2.06 bits per heavy atom. The molecule has 0 atom stereocenters. The van der Waals surface area contributed by atoms with E-state index < -0.39 is 0 Å². The van der Waals surface area contributed by atoms with Gasteiger partial charge < -0.3 is 0 Å². The van der Waals surface area contributed by atoms with Crippen molar-refractivity contribution < 1.29 is 0 Å². The number of nitriles is 1. The van der Waals surface area contributed by atoms with Crippen LogP contribution in [0.4, 0.5) is 0 Å². The van der Waals surface area contributed by atoms with Gasteiger partial charge in [-0.15, -0.1) is 0 Å². The fourth-order valence-corrected chi connectivity index (χ4v) is 3.08. The maximum atomic E-state index is 9.39. The Kier molecular flexibility index (Phi) is 2.41. The number of hydrogen-bond acceptors (Lipinski definition) is 2. The summed E-state index contributed by atoms with van der Waals surface area (Å²) < 4.78 is 0.817. The van der Waals surface area contributed by atoms with Crippen molar-refractivity contribution in [2.75, 3.05) is 0 Å². The predicted octanol–water partition coefficient (Wildman–Crippen LogP) is 3.94. The minimum Gasteiger partial charge on any atom is -0.241 e. The Balaban J connectivity index is 2.24. The van der Waals surface area contributed by atoms with Gasteiger partial charge in [-0.05, 0) is 47.3 Å². The lowest BCUT2D eigenvalue weighted by molar-refractivity contribution is 0.322. The number of aromatic nitrogens is 1. The predicted molar refractivity (Wildman–Crippen MR) is 70.6 cm³/mol. The fourth-order valence-electron chi connectivity index (χ4n) is 2.40. The molecule has 1 heterocycles. The lowest BCUT2D eigenvalue weighted by Gasteiger charge is -2.36. The van der Waals surface area contributed by atoms with E-state index in [9.17, 15) is 5.26 Å². The normalized spacial score (nSPS) is 17.4. The second-order valence-corrected chi connectivity index (χ2v) is 5.32. The summed E-state index contributed by atoms with van der Waals surface area (Å²) in [6.07, 6.45) is 3.02. The molecular weight excluding hydrogens is 276 g/mol. The molecule has 2 nitrogen and oxygen atoms in total. The summed E-state index contributed by atoms with van der Waals surface area (Å²) in [4.78, 5) is 4.54. The molecule has 0 radical (unpaired) electrons. The van der Waals surface area contributed by atoms with Gasteiger partial charge in [0.05, 0.1) is 17.0 Å². The van der Waals surface area contributed by atoms with E-state index in [4.69, 9.17) is 0 Å². The second kappa shape index (κ2) is 3.82. The van der Waals surface area contributed by atoms with E-state index in [0.717, 1.165) is 40.3 Å². The van der Waals surface area contributed by atoms with Crippen molar-refractivity contribution in [3.8, 4) is 6.07 Å². The average Bonchev–Trinajstić information content (AvgIpc) is 2.29. The van der Waals surface area contributed by atoms with Gasteiger partial charge in [0.2, 0.25) is 0 Å². The summed E-state index contributed by atoms with van der Waals surface area (Å²) in [6.45, 7) is 0. The highest BCUT2D eigenvalue weighted by molar-refractivity contribution is 9.10. The minimum absolute atomic E-state index is 0.310. The average molecular weight is 287 g/mol. The van der Waals surface area contributed by atoms with Crippen LogP contribution in [-0.4, -0.2) is 4.98 Å². The van der Waals surface area contributed by atoms with Crippen molar-refractivity contribution in [3.05, 3.63) is 40.5 Å². The Labute approximate surface area is 108 Å². The van der Waals surface area contributed by atoms with E-state index in [1.165, 1.54) is 0 Å². The van der Waals surface area contributed by atoms with Crippen LogP contribution >= 0.6 is 15.9 Å². The SMILES string of the molecule is N#CC1(c2cc3ccccc3nc2Br)CCC1. The van der Waals surface area contributed by atoms with Gasteiger partial charge in [-0.2, -0.15) is 5.26 Å². The maximum absolute atomic E-state index is 9.39. The van der Waals surface area contributed by atoms with Crippen molar-refractivity contribution in [1.82, 2.24) is 4.98 Å². The highest BCUT2D eigenvalue weighted by atomic mass is 79.9.